The number of carbonyl (C=O) groups excluding carboxylic acids is 1. The van der Waals surface area contributed by atoms with Gasteiger partial charge in [0.15, 0.2) is 0 Å². The molecule has 1 heterocycles. The Bertz CT molecular complexity index is 92.2. The Morgan fingerprint density at radius 1 is 2.00 bits per heavy atom. The van der Waals surface area contributed by atoms with Crippen molar-refractivity contribution in [1.29, 1.82) is 0 Å². The first kappa shape index (κ1) is 4.39. The van der Waals surface area contributed by atoms with Crippen LogP contribution in [0.4, 0.5) is 4.79 Å². The third-order valence-electron chi connectivity index (χ3n) is 0.776. The van der Waals surface area contributed by atoms with Gasteiger partial charge in [-0.25, -0.2) is 10.6 Å². The molecule has 0 saturated carbocycles. The minimum atomic E-state index is -0.236. The molecule has 0 aromatic carbocycles. The van der Waals surface area contributed by atoms with Crippen LogP contribution in [0.3, 0.4) is 0 Å². The fourth-order valence-corrected chi connectivity index (χ4v) is 0.406. The molecule has 1 aliphatic rings. The quantitative estimate of drug-likeness (QED) is 0.304. The van der Waals surface area contributed by atoms with Crippen LogP contribution in [-0.2, 0) is 0 Å². The third-order valence-corrected chi connectivity index (χ3v) is 0.776. The number of nitrogens with one attached hydrogen (secondary N) is 1. The zero-order valence-corrected chi connectivity index (χ0v) is 3.72. The summed E-state index contributed by atoms with van der Waals surface area (Å²) in [5.41, 5.74) is 0. The zero-order valence-electron chi connectivity index (χ0n) is 3.72. The predicted octanol–water partition coefficient (Wildman–Crippen LogP) is -0.953. The lowest BCUT2D eigenvalue weighted by Gasteiger charge is -2.00. The second kappa shape index (κ2) is 1.38. The first-order chi connectivity index (χ1) is 3.30. The van der Waals surface area contributed by atoms with E-state index in [1.54, 1.807) is 6.54 Å². The summed E-state index contributed by atoms with van der Waals surface area (Å²) in [5.74, 6) is 5.04. The van der Waals surface area contributed by atoms with E-state index in [2.05, 4.69) is 5.32 Å². The second-order valence-corrected chi connectivity index (χ2v) is 1.28. The minimum Gasteiger partial charge on any atom is -0.335 e. The van der Waals surface area contributed by atoms with Crippen LogP contribution >= 0.6 is 0 Å². The summed E-state index contributed by atoms with van der Waals surface area (Å²) in [7, 11) is 0. The van der Waals surface area contributed by atoms with Crippen LogP contribution in [0, 0.1) is 6.54 Å². The maximum Gasteiger partial charge on any atom is 0.332 e. The first-order valence-electron chi connectivity index (χ1n) is 1.96. The highest BCUT2D eigenvalue weighted by Crippen LogP contribution is 1.90. The Balaban J connectivity index is 2.48. The molecule has 4 nitrogen and oxygen atoms in total. The van der Waals surface area contributed by atoms with Crippen LogP contribution in [-0.4, -0.2) is 17.6 Å². The molecular formula is C3H6N3O. The average Bonchev–Trinajstić information content (AvgIpc) is 1.91. The van der Waals surface area contributed by atoms with E-state index in [4.69, 9.17) is 5.84 Å². The van der Waals surface area contributed by atoms with E-state index in [-0.39, 0.29) is 6.03 Å². The molecule has 0 bridgehead atoms. The van der Waals surface area contributed by atoms with Gasteiger partial charge in [0, 0.05) is 6.54 Å². The second-order valence-electron chi connectivity index (χ2n) is 1.28. The molecule has 1 aliphatic heterocycles. The van der Waals surface area contributed by atoms with Crippen molar-refractivity contribution >= 4 is 6.03 Å². The Hall–Kier alpha value is -0.770. The number of rotatable bonds is 0. The van der Waals surface area contributed by atoms with Crippen molar-refractivity contribution < 1.29 is 4.79 Å². The number of hydrazine groups is 1. The molecule has 0 aromatic heterocycles. The van der Waals surface area contributed by atoms with Crippen molar-refractivity contribution in [3.05, 3.63) is 6.54 Å². The Labute approximate surface area is 41.2 Å². The lowest BCUT2D eigenvalue weighted by Crippen LogP contribution is -2.32. The maximum absolute atomic E-state index is 10.2. The molecule has 3 N–H and O–H groups in total. The molecule has 0 spiro atoms. The highest BCUT2D eigenvalue weighted by molar-refractivity contribution is 5.76. The van der Waals surface area contributed by atoms with Crippen molar-refractivity contribution in [3.63, 3.8) is 0 Å². The average molecular weight is 100 g/mol. The molecule has 4 heteroatoms. The zero-order chi connectivity index (χ0) is 5.28. The lowest BCUT2D eigenvalue weighted by atomic mass is 10.7. The molecule has 1 rings (SSSR count). The van der Waals surface area contributed by atoms with Crippen LogP contribution in [0.2, 0.25) is 0 Å². The molecule has 7 heavy (non-hydrogen) atoms. The van der Waals surface area contributed by atoms with Crippen LogP contribution in [0.15, 0.2) is 0 Å². The summed E-state index contributed by atoms with van der Waals surface area (Å²) in [5, 5.41) is 3.50. The molecule has 1 radical (unpaired) electrons. The van der Waals surface area contributed by atoms with Crippen LogP contribution in [0.1, 0.15) is 0 Å². The number of urea groups is 1. The van der Waals surface area contributed by atoms with Gasteiger partial charge in [0.05, 0.1) is 6.54 Å². The van der Waals surface area contributed by atoms with Crippen molar-refractivity contribution in [3.8, 4) is 0 Å². The lowest BCUT2D eigenvalue weighted by molar-refractivity contribution is 0.223. The summed E-state index contributed by atoms with van der Waals surface area (Å²) < 4.78 is 0. The minimum absolute atomic E-state index is 0.236. The van der Waals surface area contributed by atoms with Gasteiger partial charge < -0.3 is 5.32 Å². The fourth-order valence-electron chi connectivity index (χ4n) is 0.406. The van der Waals surface area contributed by atoms with Crippen molar-refractivity contribution in [1.82, 2.24) is 10.3 Å². The maximum atomic E-state index is 10.2. The Kier molecular flexibility index (Phi) is 0.867. The fraction of sp³-hybridized carbons (Fsp3) is 0.333. The van der Waals surface area contributed by atoms with Gasteiger partial charge in [0.2, 0.25) is 0 Å². The predicted molar refractivity (Wildman–Crippen MR) is 23.7 cm³/mol. The molecule has 0 atom stereocenters. The molecule has 2 amide bonds. The molecular weight excluding hydrogens is 94.1 g/mol. The van der Waals surface area contributed by atoms with Crippen LogP contribution in [0.25, 0.3) is 0 Å². The highest BCUT2D eigenvalue weighted by Gasteiger charge is 2.14. The highest BCUT2D eigenvalue weighted by atomic mass is 16.2. The van der Waals surface area contributed by atoms with Crippen LogP contribution in [0.5, 0.6) is 0 Å². The van der Waals surface area contributed by atoms with Gasteiger partial charge in [0.1, 0.15) is 0 Å². The summed E-state index contributed by atoms with van der Waals surface area (Å²) in [4.78, 5) is 10.2. The Morgan fingerprint density at radius 2 is 2.71 bits per heavy atom. The van der Waals surface area contributed by atoms with Crippen LogP contribution < -0.4 is 11.2 Å². The van der Waals surface area contributed by atoms with Gasteiger partial charge >= 0.3 is 6.03 Å². The molecule has 0 unspecified atom stereocenters. The van der Waals surface area contributed by atoms with Gasteiger partial charge in [0.25, 0.3) is 0 Å². The van der Waals surface area contributed by atoms with Gasteiger partial charge in [-0.15, -0.1) is 0 Å². The van der Waals surface area contributed by atoms with E-state index < -0.39 is 0 Å². The number of amides is 2. The standard InChI is InChI=1S/C3H6N3O/c4-6-2-1-5-3(6)7/h2H,1,4H2,(H,5,7). The summed E-state index contributed by atoms with van der Waals surface area (Å²) >= 11 is 0. The van der Waals surface area contributed by atoms with Crippen molar-refractivity contribution in [2.45, 2.75) is 0 Å². The first-order valence-corrected chi connectivity index (χ1v) is 1.96. The van der Waals surface area contributed by atoms with Gasteiger partial charge in [-0.1, -0.05) is 0 Å². The molecule has 0 aromatic rings. The summed E-state index contributed by atoms with van der Waals surface area (Å²) in [6.07, 6.45) is 0. The number of carbonyl (C=O) groups is 1. The van der Waals surface area contributed by atoms with Gasteiger partial charge in [-0.3, -0.25) is 5.01 Å². The number of hydrogen-bond donors (Lipinski definition) is 2. The third kappa shape index (κ3) is 0.640. The van der Waals surface area contributed by atoms with E-state index in [9.17, 15) is 4.79 Å². The van der Waals surface area contributed by atoms with Gasteiger partial charge in [-0.2, -0.15) is 0 Å². The van der Waals surface area contributed by atoms with Crippen molar-refractivity contribution in [2.75, 3.05) is 6.54 Å². The number of nitrogens with two attached hydrogens (primary N) is 1. The van der Waals surface area contributed by atoms with E-state index in [0.717, 1.165) is 5.01 Å². The van der Waals surface area contributed by atoms with Crippen molar-refractivity contribution in [2.24, 2.45) is 5.84 Å². The SMILES string of the molecule is NN1[CH]CNC1=O. The number of nitrogens with zero attached hydrogens (tertiary/aromatic N) is 1. The van der Waals surface area contributed by atoms with Gasteiger partial charge in [-0.05, 0) is 0 Å². The topological polar surface area (TPSA) is 58.4 Å². The number of hydrogen-bond acceptors (Lipinski definition) is 2. The Morgan fingerprint density at radius 3 is 2.86 bits per heavy atom. The summed E-state index contributed by atoms with van der Waals surface area (Å²) in [6.45, 7) is 2.12. The van der Waals surface area contributed by atoms with E-state index in [1.165, 1.54) is 0 Å². The molecule has 1 fully saturated rings. The summed E-state index contributed by atoms with van der Waals surface area (Å²) in [6, 6.07) is -0.236. The monoisotopic (exact) mass is 100 g/mol. The van der Waals surface area contributed by atoms with E-state index in [1.807, 2.05) is 0 Å². The normalized spacial score (nSPS) is 20.1. The molecule has 39 valence electrons. The van der Waals surface area contributed by atoms with E-state index in [0.29, 0.717) is 6.54 Å². The largest absolute Gasteiger partial charge is 0.335 e. The molecule has 0 aliphatic carbocycles. The smallest absolute Gasteiger partial charge is 0.332 e. The molecule has 1 saturated heterocycles. The van der Waals surface area contributed by atoms with E-state index >= 15 is 0 Å².